The van der Waals surface area contributed by atoms with E-state index in [0.29, 0.717) is 18.8 Å². The lowest BCUT2D eigenvalue weighted by Crippen LogP contribution is -2.48. The molecule has 1 fully saturated rings. The van der Waals surface area contributed by atoms with E-state index >= 15 is 0 Å². The van der Waals surface area contributed by atoms with Crippen LogP contribution in [-0.4, -0.2) is 41.1 Å². The Bertz CT molecular complexity index is 656. The molecule has 22 heavy (non-hydrogen) atoms. The van der Waals surface area contributed by atoms with Crippen molar-refractivity contribution < 1.29 is 9.53 Å². The van der Waals surface area contributed by atoms with Crippen LogP contribution in [0.5, 0.6) is 0 Å². The number of rotatable bonds is 2. The molecule has 0 saturated carbocycles. The number of aromatic nitrogens is 1. The van der Waals surface area contributed by atoms with Gasteiger partial charge in [0.15, 0.2) is 0 Å². The maximum atomic E-state index is 12.6. The second-order valence-corrected chi connectivity index (χ2v) is 6.73. The predicted octanol–water partition coefficient (Wildman–Crippen LogP) is 3.37. The van der Waals surface area contributed by atoms with E-state index in [-0.39, 0.29) is 18.1 Å². The van der Waals surface area contributed by atoms with Crippen LogP contribution in [0.15, 0.2) is 29.6 Å². The Morgan fingerprint density at radius 1 is 1.23 bits per heavy atom. The van der Waals surface area contributed by atoms with Crippen molar-refractivity contribution in [2.75, 3.05) is 13.1 Å². The molecule has 2 aromatic rings. The van der Waals surface area contributed by atoms with Crippen LogP contribution < -0.4 is 0 Å². The zero-order valence-corrected chi connectivity index (χ0v) is 13.9. The quantitative estimate of drug-likeness (QED) is 0.853. The first-order chi connectivity index (χ1) is 10.5. The smallest absolute Gasteiger partial charge is 0.273 e. The number of aryl methyl sites for hydroxylation is 1. The molecule has 0 unspecified atom stereocenters. The van der Waals surface area contributed by atoms with Gasteiger partial charge in [-0.25, -0.2) is 4.98 Å². The summed E-state index contributed by atoms with van der Waals surface area (Å²) in [6.07, 6.45) is 0.144. The predicted molar refractivity (Wildman–Crippen MR) is 88.2 cm³/mol. The highest BCUT2D eigenvalue weighted by Crippen LogP contribution is 2.25. The Morgan fingerprint density at radius 3 is 2.50 bits per heavy atom. The van der Waals surface area contributed by atoms with Crippen molar-refractivity contribution in [2.24, 2.45) is 0 Å². The molecular formula is C17H20N2O2S. The summed E-state index contributed by atoms with van der Waals surface area (Å²) < 4.78 is 5.68. The molecule has 0 radical (unpaired) electrons. The molecule has 0 N–H and O–H groups in total. The summed E-state index contributed by atoms with van der Waals surface area (Å²) in [4.78, 5) is 19.0. The van der Waals surface area contributed by atoms with Crippen molar-refractivity contribution in [3.05, 3.63) is 40.9 Å². The van der Waals surface area contributed by atoms with Gasteiger partial charge in [0.05, 0.1) is 12.2 Å². The minimum Gasteiger partial charge on any atom is -0.372 e. The molecule has 1 amide bonds. The molecule has 1 aliphatic heterocycles. The van der Waals surface area contributed by atoms with Gasteiger partial charge in [0.25, 0.3) is 5.91 Å². The van der Waals surface area contributed by atoms with Crippen LogP contribution in [0.1, 0.15) is 29.9 Å². The van der Waals surface area contributed by atoms with E-state index in [1.165, 1.54) is 16.9 Å². The summed E-state index contributed by atoms with van der Waals surface area (Å²) in [6, 6.07) is 8.20. The summed E-state index contributed by atoms with van der Waals surface area (Å²) in [6.45, 7) is 7.30. The summed E-state index contributed by atoms with van der Waals surface area (Å²) >= 11 is 1.51. The van der Waals surface area contributed by atoms with E-state index in [2.05, 4.69) is 24.0 Å². The van der Waals surface area contributed by atoms with Gasteiger partial charge < -0.3 is 9.64 Å². The topological polar surface area (TPSA) is 42.4 Å². The van der Waals surface area contributed by atoms with Gasteiger partial charge in [-0.1, -0.05) is 29.8 Å². The number of hydrogen-bond donors (Lipinski definition) is 0. The van der Waals surface area contributed by atoms with Crippen molar-refractivity contribution in [3.63, 3.8) is 0 Å². The number of carbonyl (C=O) groups excluding carboxylic acids is 1. The van der Waals surface area contributed by atoms with Crippen LogP contribution in [0, 0.1) is 6.92 Å². The van der Waals surface area contributed by atoms with E-state index in [9.17, 15) is 4.79 Å². The molecule has 2 heterocycles. The first-order valence-electron chi connectivity index (χ1n) is 7.50. The number of hydrogen-bond acceptors (Lipinski definition) is 4. The number of benzene rings is 1. The molecule has 0 aliphatic carbocycles. The van der Waals surface area contributed by atoms with E-state index in [1.807, 2.05) is 36.3 Å². The normalized spacial score (nSPS) is 21.9. The summed E-state index contributed by atoms with van der Waals surface area (Å²) in [7, 11) is 0. The maximum absolute atomic E-state index is 12.6. The van der Waals surface area contributed by atoms with E-state index in [1.54, 1.807) is 0 Å². The fourth-order valence-corrected chi connectivity index (χ4v) is 3.51. The lowest BCUT2D eigenvalue weighted by Gasteiger charge is -2.34. The number of amides is 1. The Balaban J connectivity index is 1.78. The van der Waals surface area contributed by atoms with Crippen LogP contribution in [-0.2, 0) is 4.74 Å². The minimum atomic E-state index is -0.00314. The molecule has 2 atom stereocenters. The molecule has 116 valence electrons. The number of thiazole rings is 1. The van der Waals surface area contributed by atoms with Gasteiger partial charge in [0.1, 0.15) is 10.7 Å². The van der Waals surface area contributed by atoms with Crippen molar-refractivity contribution in [1.29, 1.82) is 0 Å². The van der Waals surface area contributed by atoms with Crippen LogP contribution >= 0.6 is 11.3 Å². The third kappa shape index (κ3) is 3.20. The average molecular weight is 316 g/mol. The molecule has 0 spiro atoms. The lowest BCUT2D eigenvalue weighted by atomic mass is 10.2. The van der Waals surface area contributed by atoms with Crippen molar-refractivity contribution >= 4 is 17.2 Å². The second-order valence-electron chi connectivity index (χ2n) is 5.87. The van der Waals surface area contributed by atoms with Gasteiger partial charge in [-0.05, 0) is 20.8 Å². The van der Waals surface area contributed by atoms with Crippen LogP contribution in [0.3, 0.4) is 0 Å². The highest BCUT2D eigenvalue weighted by atomic mass is 32.1. The molecule has 1 aromatic carbocycles. The molecular weight excluding hydrogens is 296 g/mol. The number of nitrogens with zero attached hydrogens (tertiary/aromatic N) is 2. The fraction of sp³-hybridized carbons (Fsp3) is 0.412. The SMILES string of the molecule is Cc1ccc(-c2nc(C(=O)N3C[C@@H](C)O[C@@H](C)C3)cs2)cc1. The van der Waals surface area contributed by atoms with Gasteiger partial charge in [-0.2, -0.15) is 0 Å². The zero-order valence-electron chi connectivity index (χ0n) is 13.1. The zero-order chi connectivity index (χ0) is 15.7. The van der Waals surface area contributed by atoms with Crippen LogP contribution in [0.2, 0.25) is 0 Å². The van der Waals surface area contributed by atoms with E-state index in [4.69, 9.17) is 4.74 Å². The van der Waals surface area contributed by atoms with Crippen molar-refractivity contribution in [3.8, 4) is 10.6 Å². The number of morpholine rings is 1. The van der Waals surface area contributed by atoms with Gasteiger partial charge >= 0.3 is 0 Å². The highest BCUT2D eigenvalue weighted by Gasteiger charge is 2.27. The van der Waals surface area contributed by atoms with Crippen LogP contribution in [0.4, 0.5) is 0 Å². The number of carbonyl (C=O) groups is 1. The third-order valence-electron chi connectivity index (χ3n) is 3.73. The summed E-state index contributed by atoms with van der Waals surface area (Å²) in [5, 5.41) is 2.74. The highest BCUT2D eigenvalue weighted by molar-refractivity contribution is 7.13. The number of ether oxygens (including phenoxy) is 1. The molecule has 3 rings (SSSR count). The molecule has 1 aliphatic rings. The third-order valence-corrected chi connectivity index (χ3v) is 4.62. The molecule has 4 nitrogen and oxygen atoms in total. The average Bonchev–Trinajstić information content (AvgIpc) is 2.96. The largest absolute Gasteiger partial charge is 0.372 e. The monoisotopic (exact) mass is 316 g/mol. The van der Waals surface area contributed by atoms with Gasteiger partial charge in [-0.3, -0.25) is 4.79 Å². The summed E-state index contributed by atoms with van der Waals surface area (Å²) in [5.74, 6) is -0.00314. The first kappa shape index (κ1) is 15.2. The van der Waals surface area contributed by atoms with Gasteiger partial charge in [0.2, 0.25) is 0 Å². The van der Waals surface area contributed by atoms with Crippen molar-refractivity contribution in [1.82, 2.24) is 9.88 Å². The standard InChI is InChI=1S/C17H20N2O2S/c1-11-4-6-14(7-5-11)16-18-15(10-22-16)17(20)19-8-12(2)21-13(3)9-19/h4-7,10,12-13H,8-9H2,1-3H3/t12-,13+. The molecule has 1 aromatic heterocycles. The first-order valence-corrected chi connectivity index (χ1v) is 8.38. The lowest BCUT2D eigenvalue weighted by molar-refractivity contribution is -0.0587. The van der Waals surface area contributed by atoms with Gasteiger partial charge in [0, 0.05) is 24.0 Å². The van der Waals surface area contributed by atoms with E-state index < -0.39 is 0 Å². The second kappa shape index (κ2) is 6.18. The summed E-state index contributed by atoms with van der Waals surface area (Å²) in [5.41, 5.74) is 2.80. The Morgan fingerprint density at radius 2 is 1.86 bits per heavy atom. The Labute approximate surface area is 134 Å². The molecule has 0 bridgehead atoms. The van der Waals surface area contributed by atoms with Gasteiger partial charge in [-0.15, -0.1) is 11.3 Å². The van der Waals surface area contributed by atoms with Crippen LogP contribution in [0.25, 0.3) is 10.6 Å². The maximum Gasteiger partial charge on any atom is 0.273 e. The molecule has 5 heteroatoms. The Kier molecular flexibility index (Phi) is 4.27. The minimum absolute atomic E-state index is 0.00314. The molecule has 1 saturated heterocycles. The van der Waals surface area contributed by atoms with Crippen molar-refractivity contribution in [2.45, 2.75) is 33.0 Å². The fourth-order valence-electron chi connectivity index (χ4n) is 2.71. The Hall–Kier alpha value is -1.72. The van der Waals surface area contributed by atoms with E-state index in [0.717, 1.165) is 10.6 Å².